The average Bonchev–Trinajstić information content (AvgIpc) is 2.89. The number of unbranched alkanes of at least 4 members (excludes halogenated alkanes) is 1. The molecule has 0 atom stereocenters. The zero-order chi connectivity index (χ0) is 17.4. The van der Waals surface area contributed by atoms with E-state index in [1.807, 2.05) is 13.0 Å². The van der Waals surface area contributed by atoms with E-state index in [1.165, 1.54) is 6.20 Å². The second-order valence-corrected chi connectivity index (χ2v) is 6.23. The van der Waals surface area contributed by atoms with Crippen LogP contribution in [0.4, 0.5) is 8.63 Å². The zero-order valence-electron chi connectivity index (χ0n) is 13.9. The summed E-state index contributed by atoms with van der Waals surface area (Å²) in [7, 11) is 0. The first-order valence-electron chi connectivity index (χ1n) is 8.48. The van der Waals surface area contributed by atoms with Crippen LogP contribution in [0.3, 0.4) is 0 Å². The molecule has 7 heteroatoms. The van der Waals surface area contributed by atoms with Gasteiger partial charge >= 0.3 is 6.84 Å². The summed E-state index contributed by atoms with van der Waals surface area (Å²) in [6, 6.07) is 10.4. The van der Waals surface area contributed by atoms with E-state index in [0.29, 0.717) is 29.1 Å². The Kier molecular flexibility index (Phi) is 3.79. The summed E-state index contributed by atoms with van der Waals surface area (Å²) in [5, 5.41) is 8.45. The number of rotatable bonds is 4. The molecular formula is C18H17BF2N4. The number of hydrogen-bond acceptors (Lipinski definition) is 3. The van der Waals surface area contributed by atoms with Gasteiger partial charge in [0.15, 0.2) is 5.69 Å². The Labute approximate surface area is 144 Å². The first-order valence-corrected chi connectivity index (χ1v) is 8.48. The Morgan fingerprint density at radius 2 is 1.84 bits per heavy atom. The number of pyridine rings is 2. The van der Waals surface area contributed by atoms with Gasteiger partial charge in [0.2, 0.25) is 0 Å². The SMILES string of the molecule is CCCCc1c(-c2ccccn2)nnc2c1[B-](F)(F)[n+]1ccccc1-2. The number of fused-ring (bicyclic) bond motifs is 3. The highest BCUT2D eigenvalue weighted by Crippen LogP contribution is 2.29. The van der Waals surface area contributed by atoms with Crippen LogP contribution in [0.1, 0.15) is 25.3 Å². The minimum atomic E-state index is -3.91. The highest BCUT2D eigenvalue weighted by Gasteiger charge is 2.53. The molecule has 0 saturated carbocycles. The van der Waals surface area contributed by atoms with E-state index in [1.54, 1.807) is 36.5 Å². The maximum Gasteiger partial charge on any atom is 0.647 e. The van der Waals surface area contributed by atoms with Crippen LogP contribution >= 0.6 is 0 Å². The molecule has 0 fully saturated rings. The molecule has 0 aliphatic carbocycles. The molecule has 3 aromatic heterocycles. The third-order valence-electron chi connectivity index (χ3n) is 4.63. The van der Waals surface area contributed by atoms with Crippen LogP contribution in [-0.2, 0) is 6.42 Å². The molecule has 0 aromatic carbocycles. The van der Waals surface area contributed by atoms with Crippen molar-refractivity contribution in [1.82, 2.24) is 15.2 Å². The Morgan fingerprint density at radius 3 is 2.60 bits per heavy atom. The molecule has 4 rings (SSSR count). The molecule has 0 unspecified atom stereocenters. The molecule has 0 radical (unpaired) electrons. The second kappa shape index (κ2) is 5.99. The summed E-state index contributed by atoms with van der Waals surface area (Å²) in [5.74, 6) is 0. The largest absolute Gasteiger partial charge is 0.647 e. The topological polar surface area (TPSA) is 42.6 Å². The highest BCUT2D eigenvalue weighted by atomic mass is 19.2. The van der Waals surface area contributed by atoms with E-state index in [-0.39, 0.29) is 11.2 Å². The minimum absolute atomic E-state index is 0.0234. The van der Waals surface area contributed by atoms with Gasteiger partial charge in [-0.1, -0.05) is 25.5 Å². The standard InChI is InChI=1S/C18H17BF2N4/c1-2-3-8-13-16-18(15-10-5-7-12-25(15)19(16,20)21)24-23-17(13)14-9-4-6-11-22-14/h4-7,9-12H,2-3,8H2,1H3. The molecular weight excluding hydrogens is 321 g/mol. The molecule has 0 bridgehead atoms. The van der Waals surface area contributed by atoms with Gasteiger partial charge < -0.3 is 13.1 Å². The molecule has 4 nitrogen and oxygen atoms in total. The maximum atomic E-state index is 15.3. The van der Waals surface area contributed by atoms with Gasteiger partial charge in [-0.05, 0) is 42.1 Å². The molecule has 126 valence electrons. The van der Waals surface area contributed by atoms with Gasteiger partial charge in [0.1, 0.15) is 17.6 Å². The first-order chi connectivity index (χ1) is 12.1. The molecule has 0 N–H and O–H groups in total. The van der Waals surface area contributed by atoms with Crippen LogP contribution in [0.25, 0.3) is 22.8 Å². The Balaban J connectivity index is 1.99. The van der Waals surface area contributed by atoms with Crippen LogP contribution in [0.15, 0.2) is 48.8 Å². The lowest BCUT2D eigenvalue weighted by Gasteiger charge is -2.18. The van der Waals surface area contributed by atoms with Gasteiger partial charge in [-0.2, -0.15) is 0 Å². The van der Waals surface area contributed by atoms with Crippen LogP contribution in [0.5, 0.6) is 0 Å². The summed E-state index contributed by atoms with van der Waals surface area (Å²) < 4.78 is 31.5. The van der Waals surface area contributed by atoms with E-state index in [0.717, 1.165) is 17.3 Å². The van der Waals surface area contributed by atoms with Crippen molar-refractivity contribution < 1.29 is 13.1 Å². The third-order valence-corrected chi connectivity index (χ3v) is 4.63. The first kappa shape index (κ1) is 15.8. The predicted octanol–water partition coefficient (Wildman–Crippen LogP) is 2.78. The normalized spacial score (nSPS) is 14.2. The van der Waals surface area contributed by atoms with Crippen LogP contribution < -0.4 is 9.94 Å². The van der Waals surface area contributed by atoms with Crippen molar-refractivity contribution in [3.8, 4) is 22.8 Å². The van der Waals surface area contributed by atoms with Crippen LogP contribution in [0.2, 0.25) is 0 Å². The van der Waals surface area contributed by atoms with Crippen molar-refractivity contribution in [3.05, 3.63) is 54.4 Å². The van der Waals surface area contributed by atoms with Crippen LogP contribution in [0, 0.1) is 0 Å². The van der Waals surface area contributed by atoms with Crippen molar-refractivity contribution >= 4 is 12.3 Å². The molecule has 0 amide bonds. The van der Waals surface area contributed by atoms with E-state index < -0.39 is 6.84 Å². The lowest BCUT2D eigenvalue weighted by Crippen LogP contribution is -2.63. The van der Waals surface area contributed by atoms with Crippen molar-refractivity contribution in [1.29, 1.82) is 0 Å². The molecule has 0 saturated heterocycles. The maximum absolute atomic E-state index is 15.3. The van der Waals surface area contributed by atoms with Crippen molar-refractivity contribution in [3.63, 3.8) is 0 Å². The third kappa shape index (κ3) is 2.42. The van der Waals surface area contributed by atoms with Gasteiger partial charge in [0, 0.05) is 12.3 Å². The van der Waals surface area contributed by atoms with Gasteiger partial charge in [-0.15, -0.1) is 10.2 Å². The molecule has 1 aliphatic rings. The van der Waals surface area contributed by atoms with Crippen LogP contribution in [-0.4, -0.2) is 22.0 Å². The average molecular weight is 338 g/mol. The molecule has 0 spiro atoms. The second-order valence-electron chi connectivity index (χ2n) is 6.23. The van der Waals surface area contributed by atoms with Crippen molar-refractivity contribution in [2.75, 3.05) is 0 Å². The van der Waals surface area contributed by atoms with Crippen molar-refractivity contribution in [2.45, 2.75) is 26.2 Å². The van der Waals surface area contributed by atoms with Crippen molar-refractivity contribution in [2.24, 2.45) is 0 Å². The number of nitrogens with zero attached hydrogens (tertiary/aromatic N) is 4. The van der Waals surface area contributed by atoms with E-state index in [9.17, 15) is 0 Å². The van der Waals surface area contributed by atoms with E-state index in [4.69, 9.17) is 0 Å². The molecule has 4 heterocycles. The fraction of sp³-hybridized carbons (Fsp3) is 0.222. The quantitative estimate of drug-likeness (QED) is 0.687. The smallest absolute Gasteiger partial charge is 0.408 e. The predicted molar refractivity (Wildman–Crippen MR) is 92.5 cm³/mol. The fourth-order valence-electron chi connectivity index (χ4n) is 3.44. The molecule has 25 heavy (non-hydrogen) atoms. The number of halogens is 2. The summed E-state index contributed by atoms with van der Waals surface area (Å²) in [6.07, 6.45) is 5.32. The molecule has 1 aliphatic heterocycles. The minimum Gasteiger partial charge on any atom is -0.408 e. The van der Waals surface area contributed by atoms with Gasteiger partial charge in [-0.25, -0.2) is 0 Å². The lowest BCUT2D eigenvalue weighted by atomic mass is 9.69. The number of hydrogen-bond donors (Lipinski definition) is 0. The van der Waals surface area contributed by atoms with Gasteiger partial charge in [0.05, 0.1) is 5.69 Å². The Morgan fingerprint density at radius 1 is 1.04 bits per heavy atom. The fourth-order valence-corrected chi connectivity index (χ4v) is 3.44. The van der Waals surface area contributed by atoms with E-state index >= 15 is 8.63 Å². The lowest BCUT2D eigenvalue weighted by molar-refractivity contribution is -0.547. The monoisotopic (exact) mass is 338 g/mol. The van der Waals surface area contributed by atoms with Gasteiger partial charge in [-0.3, -0.25) is 4.98 Å². The Bertz CT molecular complexity index is 932. The summed E-state index contributed by atoms with van der Waals surface area (Å²) >= 11 is 0. The highest BCUT2D eigenvalue weighted by molar-refractivity contribution is 6.75. The van der Waals surface area contributed by atoms with Gasteiger partial charge in [0.25, 0.3) is 0 Å². The zero-order valence-corrected chi connectivity index (χ0v) is 13.9. The summed E-state index contributed by atoms with van der Waals surface area (Å²) in [4.78, 5) is 4.29. The Hall–Kier alpha value is -2.70. The molecule has 3 aromatic rings. The summed E-state index contributed by atoms with van der Waals surface area (Å²) in [6.45, 7) is -1.87. The number of aromatic nitrogens is 4. The summed E-state index contributed by atoms with van der Waals surface area (Å²) in [5.41, 5.74) is 2.34. The van der Waals surface area contributed by atoms with E-state index in [2.05, 4.69) is 15.2 Å².